The van der Waals surface area contributed by atoms with Crippen LogP contribution in [0.1, 0.15) is 20.3 Å². The summed E-state index contributed by atoms with van der Waals surface area (Å²) >= 11 is 0. The Bertz CT molecular complexity index is 794. The number of Topliss-reactive ketones (excluding diaryl/α,β-unsaturated/α-hetero) is 1. The van der Waals surface area contributed by atoms with Crippen LogP contribution in [0.3, 0.4) is 0 Å². The molecule has 1 aliphatic heterocycles. The first kappa shape index (κ1) is 17.7. The number of carbonyl (C=O) groups excluding carboxylic acids is 1. The van der Waals surface area contributed by atoms with Crippen molar-refractivity contribution in [2.45, 2.75) is 44.3 Å². The van der Waals surface area contributed by atoms with Gasteiger partial charge < -0.3 is 25.8 Å². The topological polar surface area (TPSA) is 157 Å². The Hall–Kier alpha value is -2.14. The lowest BCUT2D eigenvalue weighted by Crippen LogP contribution is -2.52. The summed E-state index contributed by atoms with van der Waals surface area (Å²) in [7, 11) is 0. The number of hydrogen-bond donors (Lipinski definition) is 4. The summed E-state index contributed by atoms with van der Waals surface area (Å²) in [5.74, 6) is -0.358. The van der Waals surface area contributed by atoms with E-state index in [4.69, 9.17) is 10.5 Å². The predicted octanol–water partition coefficient (Wildman–Crippen LogP) is -1.21. The van der Waals surface area contributed by atoms with Crippen LogP contribution in [0.4, 0.5) is 5.82 Å². The SMILES string of the molecule is CC(C)CC(=O)[C@@]1(n2cnc3c(N)ncnc32)O[C@H](CO)[C@@H](O)[C@H]1O. The van der Waals surface area contributed by atoms with Crippen molar-refractivity contribution in [1.29, 1.82) is 0 Å². The van der Waals surface area contributed by atoms with Gasteiger partial charge in [-0.1, -0.05) is 13.8 Å². The Morgan fingerprint density at radius 2 is 2.12 bits per heavy atom. The maximum Gasteiger partial charge on any atom is 0.236 e. The van der Waals surface area contributed by atoms with Crippen LogP contribution in [-0.2, 0) is 15.3 Å². The van der Waals surface area contributed by atoms with Crippen molar-refractivity contribution in [2.75, 3.05) is 12.3 Å². The van der Waals surface area contributed by atoms with Crippen molar-refractivity contribution >= 4 is 22.8 Å². The van der Waals surface area contributed by atoms with Crippen LogP contribution in [-0.4, -0.2) is 65.5 Å². The van der Waals surface area contributed by atoms with E-state index in [9.17, 15) is 20.1 Å². The molecular formula is C15H21N5O5. The first-order valence-electron chi connectivity index (χ1n) is 7.95. The molecule has 25 heavy (non-hydrogen) atoms. The number of ketones is 1. The van der Waals surface area contributed by atoms with E-state index in [1.807, 2.05) is 13.8 Å². The number of nitrogens with zero attached hydrogens (tertiary/aromatic N) is 4. The maximum atomic E-state index is 13.0. The van der Waals surface area contributed by atoms with Crippen LogP contribution in [0.25, 0.3) is 11.2 Å². The van der Waals surface area contributed by atoms with Crippen molar-refractivity contribution in [3.63, 3.8) is 0 Å². The number of imidazole rings is 1. The van der Waals surface area contributed by atoms with Crippen LogP contribution >= 0.6 is 0 Å². The number of fused-ring (bicyclic) bond motifs is 1. The molecule has 0 aromatic carbocycles. The van der Waals surface area contributed by atoms with Gasteiger partial charge in [0.05, 0.1) is 6.61 Å². The number of rotatable bonds is 5. The van der Waals surface area contributed by atoms with Crippen LogP contribution in [0.15, 0.2) is 12.7 Å². The molecule has 136 valence electrons. The normalized spacial score (nSPS) is 29.6. The highest BCUT2D eigenvalue weighted by Crippen LogP contribution is 2.39. The van der Waals surface area contributed by atoms with E-state index in [1.165, 1.54) is 17.2 Å². The number of aromatic nitrogens is 4. The molecule has 2 aromatic heterocycles. The van der Waals surface area contributed by atoms with Crippen molar-refractivity contribution in [2.24, 2.45) is 5.92 Å². The molecule has 10 heteroatoms. The fraction of sp³-hybridized carbons (Fsp3) is 0.600. The minimum absolute atomic E-state index is 0.0139. The number of nitrogen functional groups attached to an aromatic ring is 1. The number of anilines is 1. The van der Waals surface area contributed by atoms with E-state index in [0.717, 1.165) is 0 Å². The van der Waals surface area contributed by atoms with Crippen molar-refractivity contribution < 1.29 is 24.9 Å². The Labute approximate surface area is 143 Å². The molecule has 10 nitrogen and oxygen atoms in total. The molecule has 0 bridgehead atoms. The van der Waals surface area contributed by atoms with Crippen molar-refractivity contribution in [3.8, 4) is 0 Å². The Morgan fingerprint density at radius 3 is 2.72 bits per heavy atom. The highest BCUT2D eigenvalue weighted by atomic mass is 16.6. The lowest BCUT2D eigenvalue weighted by atomic mass is 9.92. The Kier molecular flexibility index (Phi) is 4.45. The van der Waals surface area contributed by atoms with Gasteiger partial charge in [-0.15, -0.1) is 0 Å². The minimum Gasteiger partial charge on any atom is -0.394 e. The van der Waals surface area contributed by atoms with Gasteiger partial charge in [-0.05, 0) is 5.92 Å². The van der Waals surface area contributed by atoms with E-state index in [2.05, 4.69) is 15.0 Å². The summed E-state index contributed by atoms with van der Waals surface area (Å²) in [5.41, 5.74) is 4.26. The number of aliphatic hydroxyl groups excluding tert-OH is 3. The molecule has 4 atom stereocenters. The zero-order chi connectivity index (χ0) is 18.4. The highest BCUT2D eigenvalue weighted by molar-refractivity contribution is 5.89. The first-order valence-corrected chi connectivity index (χ1v) is 7.95. The zero-order valence-electron chi connectivity index (χ0n) is 13.9. The van der Waals surface area contributed by atoms with Gasteiger partial charge in [0, 0.05) is 6.42 Å². The predicted molar refractivity (Wildman–Crippen MR) is 86.1 cm³/mol. The standard InChI is InChI=1S/C15H21N5O5/c1-7(2)3-9(22)15(12(24)11(23)8(4-21)25-15)20-6-19-10-13(16)17-5-18-14(10)20/h5-8,11-12,21,23-24H,3-4H2,1-2H3,(H2,16,17,18)/t8-,11-,12-,15-/m1/s1. The molecule has 1 saturated heterocycles. The third kappa shape index (κ3) is 2.58. The monoisotopic (exact) mass is 351 g/mol. The number of ether oxygens (including phenoxy) is 1. The van der Waals surface area contributed by atoms with E-state index < -0.39 is 36.4 Å². The second-order valence-electron chi connectivity index (χ2n) is 6.54. The lowest BCUT2D eigenvalue weighted by Gasteiger charge is -2.32. The number of nitrogens with two attached hydrogens (primary N) is 1. The molecule has 3 rings (SSSR count). The lowest BCUT2D eigenvalue weighted by molar-refractivity contribution is -0.174. The van der Waals surface area contributed by atoms with Gasteiger partial charge in [0.1, 0.15) is 36.5 Å². The van der Waals surface area contributed by atoms with E-state index in [0.29, 0.717) is 0 Å². The van der Waals surface area contributed by atoms with Gasteiger partial charge >= 0.3 is 0 Å². The first-order chi connectivity index (χ1) is 11.8. The van der Waals surface area contributed by atoms with Crippen LogP contribution in [0, 0.1) is 5.92 Å². The molecule has 0 amide bonds. The summed E-state index contributed by atoms with van der Waals surface area (Å²) in [6, 6.07) is 0. The average Bonchev–Trinajstić information content (AvgIpc) is 3.09. The largest absolute Gasteiger partial charge is 0.394 e. The zero-order valence-corrected chi connectivity index (χ0v) is 13.9. The van der Waals surface area contributed by atoms with E-state index in [-0.39, 0.29) is 29.3 Å². The van der Waals surface area contributed by atoms with Crippen LogP contribution in [0.5, 0.6) is 0 Å². The smallest absolute Gasteiger partial charge is 0.236 e. The van der Waals surface area contributed by atoms with Gasteiger partial charge in [0.15, 0.2) is 17.2 Å². The summed E-state index contributed by atoms with van der Waals surface area (Å²) < 4.78 is 6.96. The van der Waals surface area contributed by atoms with Gasteiger partial charge in [0.2, 0.25) is 5.72 Å². The molecule has 1 aliphatic rings. The maximum absolute atomic E-state index is 13.0. The molecule has 5 N–H and O–H groups in total. The third-order valence-corrected chi connectivity index (χ3v) is 4.33. The average molecular weight is 351 g/mol. The summed E-state index contributed by atoms with van der Waals surface area (Å²) in [5, 5.41) is 30.3. The Balaban J connectivity index is 2.21. The second kappa shape index (κ2) is 6.30. The van der Waals surface area contributed by atoms with Crippen molar-refractivity contribution in [3.05, 3.63) is 12.7 Å². The fourth-order valence-electron chi connectivity index (χ4n) is 3.13. The van der Waals surface area contributed by atoms with E-state index in [1.54, 1.807) is 0 Å². The molecule has 0 unspecified atom stereocenters. The number of aliphatic hydroxyl groups is 3. The van der Waals surface area contributed by atoms with Crippen LogP contribution in [0.2, 0.25) is 0 Å². The second-order valence-corrected chi connectivity index (χ2v) is 6.54. The minimum atomic E-state index is -1.95. The van der Waals surface area contributed by atoms with E-state index >= 15 is 0 Å². The third-order valence-electron chi connectivity index (χ3n) is 4.33. The molecule has 2 aromatic rings. The molecule has 3 heterocycles. The summed E-state index contributed by atoms with van der Waals surface area (Å²) in [6.45, 7) is 3.14. The molecule has 0 radical (unpaired) electrons. The fourth-order valence-corrected chi connectivity index (χ4v) is 3.13. The van der Waals surface area contributed by atoms with Gasteiger partial charge in [-0.3, -0.25) is 9.36 Å². The number of carbonyl (C=O) groups is 1. The van der Waals surface area contributed by atoms with Gasteiger partial charge in [0.25, 0.3) is 0 Å². The number of hydrogen-bond acceptors (Lipinski definition) is 9. The molecule has 0 spiro atoms. The Morgan fingerprint density at radius 1 is 1.40 bits per heavy atom. The summed E-state index contributed by atoms with van der Waals surface area (Å²) in [4.78, 5) is 25.1. The van der Waals surface area contributed by atoms with Gasteiger partial charge in [-0.25, -0.2) is 15.0 Å². The molecule has 0 saturated carbocycles. The molecule has 0 aliphatic carbocycles. The van der Waals surface area contributed by atoms with Gasteiger partial charge in [-0.2, -0.15) is 0 Å². The van der Waals surface area contributed by atoms with Crippen molar-refractivity contribution in [1.82, 2.24) is 19.5 Å². The molecular weight excluding hydrogens is 330 g/mol. The highest BCUT2D eigenvalue weighted by Gasteiger charge is 2.60. The quantitative estimate of drug-likeness (QED) is 0.519. The molecule has 1 fully saturated rings. The summed E-state index contributed by atoms with van der Waals surface area (Å²) in [6.07, 6.45) is -1.62. The van der Waals surface area contributed by atoms with Crippen LogP contribution < -0.4 is 5.73 Å².